The van der Waals surface area contributed by atoms with Gasteiger partial charge in [0.25, 0.3) is 0 Å². The minimum absolute atomic E-state index is 0.00509. The standard InChI is InChI=1S/C10H10O4.C8H6O4/c1-5-3-7(9(11)12)4-8(6(5)2)10(13)14;9-7(10)5-3-1-2-4-6(5)8(11)12/h3-4H,1-2H3,(H,11,12)(H,13,14);1-4H,(H,9,10)(H,11,12). The van der Waals surface area contributed by atoms with E-state index < -0.39 is 23.9 Å². The maximum absolute atomic E-state index is 10.8. The number of hydrogen-bond donors (Lipinski definition) is 4. The van der Waals surface area contributed by atoms with Crippen LogP contribution < -0.4 is 0 Å². The minimum atomic E-state index is -1.23. The van der Waals surface area contributed by atoms with E-state index in [0.29, 0.717) is 11.1 Å². The third kappa shape index (κ3) is 4.91. The Bertz CT molecular complexity index is 850. The Kier molecular flexibility index (Phi) is 6.60. The summed E-state index contributed by atoms with van der Waals surface area (Å²) in [6.07, 6.45) is 0. The van der Waals surface area contributed by atoms with Gasteiger partial charge in [0.2, 0.25) is 0 Å². The Morgan fingerprint density at radius 1 is 0.654 bits per heavy atom. The Balaban J connectivity index is 0.000000263. The lowest BCUT2D eigenvalue weighted by Crippen LogP contribution is -2.06. The molecule has 0 saturated carbocycles. The predicted molar refractivity (Wildman–Crippen MR) is 90.2 cm³/mol. The van der Waals surface area contributed by atoms with Crippen LogP contribution in [0, 0.1) is 13.8 Å². The normalized spacial score (nSPS) is 9.62. The zero-order valence-corrected chi connectivity index (χ0v) is 13.9. The molecule has 0 aliphatic carbocycles. The van der Waals surface area contributed by atoms with Crippen LogP contribution in [0.5, 0.6) is 0 Å². The van der Waals surface area contributed by atoms with Crippen LogP contribution in [0.2, 0.25) is 0 Å². The fraction of sp³-hybridized carbons (Fsp3) is 0.111. The van der Waals surface area contributed by atoms with Crippen LogP contribution in [0.1, 0.15) is 52.6 Å². The topological polar surface area (TPSA) is 149 Å². The molecule has 0 spiro atoms. The summed E-state index contributed by atoms with van der Waals surface area (Å²) in [5.41, 5.74) is 0.938. The molecular weight excluding hydrogens is 344 g/mol. The largest absolute Gasteiger partial charge is 0.478 e. The fourth-order valence-corrected chi connectivity index (χ4v) is 2.06. The molecule has 0 aliphatic heterocycles. The molecule has 0 atom stereocenters. The highest BCUT2D eigenvalue weighted by atomic mass is 16.4. The number of benzene rings is 2. The van der Waals surface area contributed by atoms with Crippen molar-refractivity contribution in [1.29, 1.82) is 0 Å². The first kappa shape index (κ1) is 20.4. The average Bonchev–Trinajstić information content (AvgIpc) is 2.57. The molecule has 0 heterocycles. The lowest BCUT2D eigenvalue weighted by molar-refractivity contribution is 0.0651. The fourth-order valence-electron chi connectivity index (χ4n) is 2.06. The molecule has 0 amide bonds. The summed E-state index contributed by atoms with van der Waals surface area (Å²) in [6.45, 7) is 3.35. The Morgan fingerprint density at radius 2 is 1.08 bits per heavy atom. The van der Waals surface area contributed by atoms with E-state index in [1.54, 1.807) is 13.8 Å². The second-order valence-corrected chi connectivity index (χ2v) is 5.23. The molecule has 0 bridgehead atoms. The van der Waals surface area contributed by atoms with Crippen molar-refractivity contribution in [2.75, 3.05) is 0 Å². The van der Waals surface area contributed by atoms with Gasteiger partial charge in [0.1, 0.15) is 0 Å². The molecule has 0 fully saturated rings. The summed E-state index contributed by atoms with van der Waals surface area (Å²) in [7, 11) is 0. The van der Waals surface area contributed by atoms with Crippen molar-refractivity contribution in [2.24, 2.45) is 0 Å². The van der Waals surface area contributed by atoms with Gasteiger partial charge in [-0.2, -0.15) is 0 Å². The summed E-state index contributed by atoms with van der Waals surface area (Å²) in [5.74, 6) is -4.68. The highest BCUT2D eigenvalue weighted by Gasteiger charge is 2.14. The van der Waals surface area contributed by atoms with E-state index in [1.165, 1.54) is 36.4 Å². The predicted octanol–water partition coefficient (Wildman–Crippen LogP) is 2.78. The molecule has 2 rings (SSSR count). The number of carboxylic acids is 4. The molecule has 136 valence electrons. The molecule has 8 heteroatoms. The lowest BCUT2D eigenvalue weighted by atomic mass is 10.00. The van der Waals surface area contributed by atoms with Crippen molar-refractivity contribution in [3.05, 3.63) is 69.8 Å². The molecule has 0 aromatic heterocycles. The van der Waals surface area contributed by atoms with Crippen LogP contribution in [0.4, 0.5) is 0 Å². The van der Waals surface area contributed by atoms with E-state index in [9.17, 15) is 19.2 Å². The van der Waals surface area contributed by atoms with Gasteiger partial charge in [-0.05, 0) is 49.2 Å². The summed E-state index contributed by atoms with van der Waals surface area (Å²) in [4.78, 5) is 42.3. The van der Waals surface area contributed by atoms with Crippen LogP contribution >= 0.6 is 0 Å². The van der Waals surface area contributed by atoms with Gasteiger partial charge in [-0.1, -0.05) is 12.1 Å². The van der Waals surface area contributed by atoms with Gasteiger partial charge in [-0.25, -0.2) is 19.2 Å². The van der Waals surface area contributed by atoms with Crippen LogP contribution in [-0.4, -0.2) is 44.3 Å². The molecular formula is C18H16O8. The van der Waals surface area contributed by atoms with E-state index >= 15 is 0 Å². The highest BCUT2D eigenvalue weighted by molar-refractivity contribution is 6.01. The minimum Gasteiger partial charge on any atom is -0.478 e. The van der Waals surface area contributed by atoms with E-state index in [-0.39, 0.29) is 22.3 Å². The first-order chi connectivity index (χ1) is 12.1. The summed E-state index contributed by atoms with van der Waals surface area (Å²) in [5, 5.41) is 34.6. The van der Waals surface area contributed by atoms with Crippen molar-refractivity contribution in [1.82, 2.24) is 0 Å². The quantitative estimate of drug-likeness (QED) is 0.650. The van der Waals surface area contributed by atoms with Gasteiger partial charge in [-0.3, -0.25) is 0 Å². The maximum Gasteiger partial charge on any atom is 0.336 e. The number of aromatic carboxylic acids is 4. The number of hydrogen-bond acceptors (Lipinski definition) is 4. The number of carboxylic acid groups (broad SMARTS) is 4. The highest BCUT2D eigenvalue weighted by Crippen LogP contribution is 2.16. The van der Waals surface area contributed by atoms with Crippen molar-refractivity contribution in [3.63, 3.8) is 0 Å². The van der Waals surface area contributed by atoms with Gasteiger partial charge in [0.15, 0.2) is 0 Å². The first-order valence-electron chi connectivity index (χ1n) is 7.19. The van der Waals surface area contributed by atoms with Crippen LogP contribution in [0.3, 0.4) is 0 Å². The molecule has 8 nitrogen and oxygen atoms in total. The van der Waals surface area contributed by atoms with Gasteiger partial charge >= 0.3 is 23.9 Å². The Hall–Kier alpha value is -3.68. The van der Waals surface area contributed by atoms with E-state index in [0.717, 1.165) is 0 Å². The maximum atomic E-state index is 10.8. The van der Waals surface area contributed by atoms with Gasteiger partial charge in [0, 0.05) is 0 Å². The smallest absolute Gasteiger partial charge is 0.336 e. The summed E-state index contributed by atoms with van der Waals surface area (Å²) >= 11 is 0. The average molecular weight is 360 g/mol. The lowest BCUT2D eigenvalue weighted by Gasteiger charge is -2.06. The second kappa shape index (κ2) is 8.43. The third-order valence-electron chi connectivity index (χ3n) is 3.53. The molecule has 0 aliphatic rings. The van der Waals surface area contributed by atoms with Crippen molar-refractivity contribution >= 4 is 23.9 Å². The third-order valence-corrected chi connectivity index (χ3v) is 3.53. The molecule has 26 heavy (non-hydrogen) atoms. The van der Waals surface area contributed by atoms with E-state index in [2.05, 4.69) is 0 Å². The number of rotatable bonds is 4. The first-order valence-corrected chi connectivity index (χ1v) is 7.19. The van der Waals surface area contributed by atoms with Gasteiger partial charge < -0.3 is 20.4 Å². The molecule has 4 N–H and O–H groups in total. The Labute approximate surface area is 148 Å². The Morgan fingerprint density at radius 3 is 1.42 bits per heavy atom. The van der Waals surface area contributed by atoms with Crippen LogP contribution in [0.25, 0.3) is 0 Å². The molecule has 0 saturated heterocycles. The zero-order valence-electron chi connectivity index (χ0n) is 13.9. The van der Waals surface area contributed by atoms with Crippen LogP contribution in [-0.2, 0) is 0 Å². The number of carbonyl (C=O) groups is 4. The SMILES string of the molecule is Cc1cc(C(=O)O)cc(C(=O)O)c1C.O=C(O)c1ccccc1C(=O)O. The van der Waals surface area contributed by atoms with Crippen molar-refractivity contribution in [3.8, 4) is 0 Å². The zero-order chi connectivity index (χ0) is 20.0. The van der Waals surface area contributed by atoms with Gasteiger partial charge in [0.05, 0.1) is 22.3 Å². The molecule has 0 radical (unpaired) electrons. The molecule has 0 unspecified atom stereocenters. The molecule has 2 aromatic carbocycles. The van der Waals surface area contributed by atoms with Crippen molar-refractivity contribution in [2.45, 2.75) is 13.8 Å². The van der Waals surface area contributed by atoms with E-state index in [1.807, 2.05) is 0 Å². The van der Waals surface area contributed by atoms with Crippen molar-refractivity contribution < 1.29 is 39.6 Å². The molecule has 2 aromatic rings. The van der Waals surface area contributed by atoms with E-state index in [4.69, 9.17) is 20.4 Å². The van der Waals surface area contributed by atoms with Gasteiger partial charge in [-0.15, -0.1) is 0 Å². The summed E-state index contributed by atoms with van der Waals surface area (Å²) < 4.78 is 0. The number of aryl methyl sites for hydroxylation is 1. The summed E-state index contributed by atoms with van der Waals surface area (Å²) in [6, 6.07) is 8.11. The second-order valence-electron chi connectivity index (χ2n) is 5.23. The monoisotopic (exact) mass is 360 g/mol. The van der Waals surface area contributed by atoms with Crippen LogP contribution in [0.15, 0.2) is 36.4 Å².